The molecule has 118 valence electrons. The van der Waals surface area contributed by atoms with Gasteiger partial charge in [-0.05, 0) is 32.3 Å². The van der Waals surface area contributed by atoms with Crippen LogP contribution in [0, 0.1) is 0 Å². The molecule has 0 aliphatic carbocycles. The average Bonchev–Trinajstić information content (AvgIpc) is 2.89. The highest BCUT2D eigenvalue weighted by Crippen LogP contribution is 2.33. The molecule has 5 rings (SSSR count). The van der Waals surface area contributed by atoms with Crippen molar-refractivity contribution in [3.8, 4) is 0 Å². The zero-order chi connectivity index (χ0) is 16.7. The van der Waals surface area contributed by atoms with Crippen LogP contribution in [0.15, 0.2) is 60.7 Å². The van der Waals surface area contributed by atoms with Crippen molar-refractivity contribution >= 4 is 44.1 Å². The van der Waals surface area contributed by atoms with E-state index in [2.05, 4.69) is 60.7 Å². The fraction of sp³-hybridized carbons (Fsp3) is 0.100. The molecule has 1 aliphatic rings. The van der Waals surface area contributed by atoms with Gasteiger partial charge in [-0.3, -0.25) is 14.9 Å². The number of carbonyl (C=O) groups is 2. The van der Waals surface area contributed by atoms with Crippen LogP contribution in [0.25, 0.3) is 32.3 Å². The molecular weight excluding hydrogens is 302 g/mol. The first-order valence-electron chi connectivity index (χ1n) is 7.78. The van der Waals surface area contributed by atoms with Crippen molar-refractivity contribution in [2.24, 2.45) is 0 Å². The van der Waals surface area contributed by atoms with E-state index in [0.717, 1.165) is 0 Å². The Morgan fingerprint density at radius 3 is 1.42 bits per heavy atom. The highest BCUT2D eigenvalue weighted by molar-refractivity contribution is 6.22. The lowest BCUT2D eigenvalue weighted by molar-refractivity contribution is -0.127. The SMILES string of the molecule is O=C1CC(O)C(=O)N1.c1cc2ccc3cccc4ccc(c1)c2c34. The number of aliphatic hydroxyl groups excluding tert-OH is 1. The Hall–Kier alpha value is -2.98. The van der Waals surface area contributed by atoms with E-state index in [1.54, 1.807) is 0 Å². The van der Waals surface area contributed by atoms with E-state index in [1.807, 2.05) is 5.32 Å². The lowest BCUT2D eigenvalue weighted by atomic mass is 9.95. The molecule has 24 heavy (non-hydrogen) atoms. The second kappa shape index (κ2) is 5.58. The molecule has 0 bridgehead atoms. The zero-order valence-corrected chi connectivity index (χ0v) is 12.8. The third-order valence-electron chi connectivity index (χ3n) is 4.34. The minimum Gasteiger partial charge on any atom is -0.383 e. The van der Waals surface area contributed by atoms with Gasteiger partial charge in [0.1, 0.15) is 6.10 Å². The fourth-order valence-electron chi connectivity index (χ4n) is 3.21. The number of imide groups is 1. The van der Waals surface area contributed by atoms with Crippen LogP contribution < -0.4 is 5.32 Å². The van der Waals surface area contributed by atoms with Gasteiger partial charge in [-0.15, -0.1) is 0 Å². The zero-order valence-electron chi connectivity index (χ0n) is 12.8. The minimum atomic E-state index is -1.11. The van der Waals surface area contributed by atoms with Crippen molar-refractivity contribution in [1.82, 2.24) is 5.32 Å². The summed E-state index contributed by atoms with van der Waals surface area (Å²) in [6.45, 7) is 0. The lowest BCUT2D eigenvalue weighted by Crippen LogP contribution is -2.24. The van der Waals surface area contributed by atoms with Gasteiger partial charge in [-0.1, -0.05) is 60.7 Å². The van der Waals surface area contributed by atoms with E-state index in [9.17, 15) is 9.59 Å². The maximum atomic E-state index is 10.2. The van der Waals surface area contributed by atoms with Crippen LogP contribution in [0.5, 0.6) is 0 Å². The van der Waals surface area contributed by atoms with Crippen molar-refractivity contribution in [3.63, 3.8) is 0 Å². The molecule has 4 aromatic rings. The molecule has 1 fully saturated rings. The Morgan fingerprint density at radius 2 is 1.17 bits per heavy atom. The van der Waals surface area contributed by atoms with Gasteiger partial charge in [0, 0.05) is 0 Å². The fourth-order valence-corrected chi connectivity index (χ4v) is 3.21. The van der Waals surface area contributed by atoms with E-state index in [1.165, 1.54) is 32.3 Å². The smallest absolute Gasteiger partial charge is 0.255 e. The highest BCUT2D eigenvalue weighted by atomic mass is 16.3. The predicted octanol–water partition coefficient (Wildman–Crippen LogP) is 2.98. The summed E-state index contributed by atoms with van der Waals surface area (Å²) in [5, 5.41) is 18.6. The number of aliphatic hydroxyl groups is 1. The molecule has 4 nitrogen and oxygen atoms in total. The molecule has 4 heteroatoms. The maximum absolute atomic E-state index is 10.2. The summed E-state index contributed by atoms with van der Waals surface area (Å²) in [6.07, 6.45) is -1.19. The van der Waals surface area contributed by atoms with E-state index >= 15 is 0 Å². The van der Waals surface area contributed by atoms with Gasteiger partial charge in [0.2, 0.25) is 5.91 Å². The van der Waals surface area contributed by atoms with E-state index in [4.69, 9.17) is 5.11 Å². The molecule has 2 N–H and O–H groups in total. The maximum Gasteiger partial charge on any atom is 0.255 e. The predicted molar refractivity (Wildman–Crippen MR) is 93.9 cm³/mol. The van der Waals surface area contributed by atoms with Gasteiger partial charge in [0.15, 0.2) is 0 Å². The topological polar surface area (TPSA) is 66.4 Å². The molecule has 4 aromatic carbocycles. The molecule has 2 amide bonds. The minimum absolute atomic E-state index is 0.0845. The molecular formula is C20H15NO3. The number of carbonyl (C=O) groups excluding carboxylic acids is 2. The summed E-state index contributed by atoms with van der Waals surface area (Å²) >= 11 is 0. The Morgan fingerprint density at radius 1 is 0.750 bits per heavy atom. The summed E-state index contributed by atoms with van der Waals surface area (Å²) in [7, 11) is 0. The lowest BCUT2D eigenvalue weighted by Gasteiger charge is -2.09. The number of hydrogen-bond acceptors (Lipinski definition) is 3. The summed E-state index contributed by atoms with van der Waals surface area (Å²) in [4.78, 5) is 20.4. The van der Waals surface area contributed by atoms with Crippen LogP contribution in [0.1, 0.15) is 6.42 Å². The van der Waals surface area contributed by atoms with Gasteiger partial charge in [-0.2, -0.15) is 0 Å². The Balaban J connectivity index is 0.000000155. The summed E-state index contributed by atoms with van der Waals surface area (Å²) in [5.74, 6) is -0.988. The van der Waals surface area contributed by atoms with Crippen LogP contribution in [-0.2, 0) is 9.59 Å². The number of amides is 2. The van der Waals surface area contributed by atoms with Gasteiger partial charge >= 0.3 is 0 Å². The normalized spacial score (nSPS) is 17.3. The molecule has 0 aromatic heterocycles. The molecule has 0 spiro atoms. The summed E-state index contributed by atoms with van der Waals surface area (Å²) < 4.78 is 0. The number of benzene rings is 4. The molecule has 1 atom stereocenters. The van der Waals surface area contributed by atoms with Gasteiger partial charge in [-0.25, -0.2) is 0 Å². The van der Waals surface area contributed by atoms with Crippen LogP contribution in [0.2, 0.25) is 0 Å². The molecule has 1 unspecified atom stereocenters. The number of rotatable bonds is 0. The molecule has 0 radical (unpaired) electrons. The Labute approximate surface area is 138 Å². The largest absolute Gasteiger partial charge is 0.383 e. The van der Waals surface area contributed by atoms with Gasteiger partial charge < -0.3 is 5.11 Å². The first-order chi connectivity index (χ1) is 11.6. The number of hydrogen-bond donors (Lipinski definition) is 2. The second-order valence-corrected chi connectivity index (χ2v) is 5.92. The van der Waals surface area contributed by atoms with E-state index in [-0.39, 0.29) is 6.42 Å². The highest BCUT2D eigenvalue weighted by Gasteiger charge is 2.27. The third-order valence-corrected chi connectivity index (χ3v) is 4.34. The van der Waals surface area contributed by atoms with Crippen LogP contribution in [-0.4, -0.2) is 23.0 Å². The first-order valence-corrected chi connectivity index (χ1v) is 7.78. The Kier molecular flexibility index (Phi) is 3.40. The van der Waals surface area contributed by atoms with Gasteiger partial charge in [0.25, 0.3) is 5.91 Å². The van der Waals surface area contributed by atoms with Gasteiger partial charge in [0.05, 0.1) is 6.42 Å². The van der Waals surface area contributed by atoms with E-state index in [0.29, 0.717) is 0 Å². The second-order valence-electron chi connectivity index (χ2n) is 5.92. The van der Waals surface area contributed by atoms with Crippen molar-refractivity contribution in [3.05, 3.63) is 60.7 Å². The van der Waals surface area contributed by atoms with Crippen LogP contribution >= 0.6 is 0 Å². The van der Waals surface area contributed by atoms with Crippen molar-refractivity contribution in [1.29, 1.82) is 0 Å². The molecule has 1 aliphatic heterocycles. The van der Waals surface area contributed by atoms with Crippen molar-refractivity contribution < 1.29 is 14.7 Å². The first kappa shape index (κ1) is 14.6. The van der Waals surface area contributed by atoms with Crippen LogP contribution in [0.4, 0.5) is 0 Å². The Bertz CT molecular complexity index is 941. The van der Waals surface area contributed by atoms with Crippen molar-refractivity contribution in [2.45, 2.75) is 12.5 Å². The summed E-state index contributed by atoms with van der Waals surface area (Å²) in [6, 6.07) is 21.9. The summed E-state index contributed by atoms with van der Waals surface area (Å²) in [5.41, 5.74) is 0. The van der Waals surface area contributed by atoms with Crippen LogP contribution in [0.3, 0.4) is 0 Å². The average molecular weight is 317 g/mol. The quantitative estimate of drug-likeness (QED) is 0.387. The molecule has 1 heterocycles. The van der Waals surface area contributed by atoms with E-state index < -0.39 is 17.9 Å². The molecule has 1 saturated heterocycles. The van der Waals surface area contributed by atoms with Crippen molar-refractivity contribution in [2.75, 3.05) is 0 Å². The number of nitrogens with one attached hydrogen (secondary N) is 1. The standard InChI is InChI=1S/C16H10.C4H5NO3/c1-3-11-7-9-13-5-2-6-14-10-8-12(4-1)15(11)16(13)14;6-2-1-3(7)5-4(2)8/h1-10H;2,6H,1H2,(H,5,7,8). The monoisotopic (exact) mass is 317 g/mol. The third kappa shape index (κ3) is 2.37. The molecule has 0 saturated carbocycles.